The molecule has 0 unspecified atom stereocenters. The summed E-state index contributed by atoms with van der Waals surface area (Å²) in [4.78, 5) is 16.5. The van der Waals surface area contributed by atoms with Crippen LogP contribution in [-0.2, 0) is 13.2 Å². The third kappa shape index (κ3) is 5.20. The second kappa shape index (κ2) is 10.2. The van der Waals surface area contributed by atoms with E-state index in [0.717, 1.165) is 11.1 Å². The summed E-state index contributed by atoms with van der Waals surface area (Å²) in [6, 6.07) is 14.4. The van der Waals surface area contributed by atoms with E-state index in [-0.39, 0.29) is 5.91 Å². The first-order chi connectivity index (χ1) is 14.6. The minimum atomic E-state index is -0.215. The van der Waals surface area contributed by atoms with Crippen LogP contribution in [-0.4, -0.2) is 32.2 Å². The normalized spacial score (nSPS) is 10.2. The van der Waals surface area contributed by atoms with Gasteiger partial charge in [-0.15, -0.1) is 0 Å². The fraction of sp³-hybridized carbons (Fsp3) is 0.217. The highest BCUT2D eigenvalue weighted by molar-refractivity contribution is 5.94. The van der Waals surface area contributed by atoms with Gasteiger partial charge in [0.15, 0.2) is 23.0 Å². The number of benzene rings is 2. The largest absolute Gasteiger partial charge is 0.493 e. The van der Waals surface area contributed by atoms with Crippen LogP contribution in [0.15, 0.2) is 60.9 Å². The van der Waals surface area contributed by atoms with Crippen molar-refractivity contribution in [2.24, 2.45) is 0 Å². The average Bonchev–Trinajstić information content (AvgIpc) is 2.81. The van der Waals surface area contributed by atoms with Crippen molar-refractivity contribution in [3.05, 3.63) is 77.6 Å². The molecule has 0 fully saturated rings. The Morgan fingerprint density at radius 2 is 1.47 bits per heavy atom. The van der Waals surface area contributed by atoms with Crippen molar-refractivity contribution in [1.29, 1.82) is 0 Å². The van der Waals surface area contributed by atoms with E-state index in [1.807, 2.05) is 30.3 Å². The standard InChI is InChI=1S/C23H24N2O5/c1-27-19-7-5-18(13-22(19)29-3)23(26)25-14-17-4-6-20(21(12-17)28-2)30-15-16-8-10-24-11-9-16/h4-13H,14-15H2,1-3H3,(H,25,26). The number of hydrogen-bond acceptors (Lipinski definition) is 6. The van der Waals surface area contributed by atoms with Gasteiger partial charge >= 0.3 is 0 Å². The van der Waals surface area contributed by atoms with Crippen LogP contribution in [0, 0.1) is 0 Å². The maximum absolute atomic E-state index is 12.5. The minimum Gasteiger partial charge on any atom is -0.493 e. The Hall–Kier alpha value is -3.74. The number of ether oxygens (including phenoxy) is 4. The van der Waals surface area contributed by atoms with Crippen LogP contribution >= 0.6 is 0 Å². The lowest BCUT2D eigenvalue weighted by Gasteiger charge is -2.13. The number of carbonyl (C=O) groups is 1. The molecule has 0 spiro atoms. The lowest BCUT2D eigenvalue weighted by atomic mass is 10.1. The molecule has 0 saturated heterocycles. The second-order valence-corrected chi connectivity index (χ2v) is 6.38. The summed E-state index contributed by atoms with van der Waals surface area (Å²) >= 11 is 0. The van der Waals surface area contributed by atoms with E-state index in [1.54, 1.807) is 44.8 Å². The molecule has 0 aliphatic heterocycles. The predicted octanol–water partition coefficient (Wildman–Crippen LogP) is 3.62. The summed E-state index contributed by atoms with van der Waals surface area (Å²) in [5.74, 6) is 2.09. The summed E-state index contributed by atoms with van der Waals surface area (Å²) in [6.45, 7) is 0.752. The molecule has 2 aromatic carbocycles. The van der Waals surface area contributed by atoms with Crippen molar-refractivity contribution in [3.8, 4) is 23.0 Å². The molecule has 3 aromatic rings. The lowest BCUT2D eigenvalue weighted by Crippen LogP contribution is -2.22. The quantitative estimate of drug-likeness (QED) is 0.583. The molecular formula is C23H24N2O5. The Bertz CT molecular complexity index is 992. The van der Waals surface area contributed by atoms with Gasteiger partial charge in [0.1, 0.15) is 6.61 Å². The molecule has 3 rings (SSSR count). The number of hydrogen-bond donors (Lipinski definition) is 1. The summed E-state index contributed by atoms with van der Waals surface area (Å²) in [5.41, 5.74) is 2.38. The number of rotatable bonds is 9. The van der Waals surface area contributed by atoms with Gasteiger partial charge in [0.25, 0.3) is 5.91 Å². The highest BCUT2D eigenvalue weighted by Gasteiger charge is 2.12. The van der Waals surface area contributed by atoms with Crippen LogP contribution in [0.4, 0.5) is 0 Å². The molecule has 0 saturated carbocycles. The third-order valence-corrected chi connectivity index (χ3v) is 4.47. The van der Waals surface area contributed by atoms with Gasteiger partial charge in [0, 0.05) is 24.5 Å². The van der Waals surface area contributed by atoms with Gasteiger partial charge in [-0.25, -0.2) is 0 Å². The average molecular weight is 408 g/mol. The van der Waals surface area contributed by atoms with Gasteiger partial charge in [-0.3, -0.25) is 9.78 Å². The van der Waals surface area contributed by atoms with E-state index in [2.05, 4.69) is 10.3 Å². The van der Waals surface area contributed by atoms with E-state index in [9.17, 15) is 4.79 Å². The first-order valence-corrected chi connectivity index (χ1v) is 9.33. The third-order valence-electron chi connectivity index (χ3n) is 4.47. The van der Waals surface area contributed by atoms with E-state index < -0.39 is 0 Å². The lowest BCUT2D eigenvalue weighted by molar-refractivity contribution is 0.0950. The zero-order chi connectivity index (χ0) is 21.3. The zero-order valence-electron chi connectivity index (χ0n) is 17.2. The van der Waals surface area contributed by atoms with Gasteiger partial charge in [-0.05, 0) is 53.6 Å². The molecule has 30 heavy (non-hydrogen) atoms. The van der Waals surface area contributed by atoms with Crippen molar-refractivity contribution in [3.63, 3.8) is 0 Å². The van der Waals surface area contributed by atoms with Crippen molar-refractivity contribution < 1.29 is 23.7 Å². The fourth-order valence-electron chi connectivity index (χ4n) is 2.84. The maximum Gasteiger partial charge on any atom is 0.251 e. The van der Waals surface area contributed by atoms with Crippen molar-refractivity contribution in [2.45, 2.75) is 13.2 Å². The van der Waals surface area contributed by atoms with Gasteiger partial charge in [-0.1, -0.05) is 6.07 Å². The topological polar surface area (TPSA) is 78.9 Å². The van der Waals surface area contributed by atoms with Crippen molar-refractivity contribution >= 4 is 5.91 Å². The molecular weight excluding hydrogens is 384 g/mol. The summed E-state index contributed by atoms with van der Waals surface area (Å²) in [5, 5.41) is 2.89. The Morgan fingerprint density at radius 3 is 2.17 bits per heavy atom. The number of carbonyl (C=O) groups excluding carboxylic acids is 1. The molecule has 0 bridgehead atoms. The summed E-state index contributed by atoms with van der Waals surface area (Å²) in [6.07, 6.45) is 3.44. The van der Waals surface area contributed by atoms with E-state index >= 15 is 0 Å². The SMILES string of the molecule is COc1ccc(C(=O)NCc2ccc(OCc3ccncc3)c(OC)c2)cc1OC. The molecule has 7 heteroatoms. The van der Waals surface area contributed by atoms with Crippen molar-refractivity contribution in [1.82, 2.24) is 10.3 Å². The van der Waals surface area contributed by atoms with Crippen LogP contribution in [0.2, 0.25) is 0 Å². The van der Waals surface area contributed by atoms with Gasteiger partial charge in [-0.2, -0.15) is 0 Å². The molecule has 1 heterocycles. The number of pyridine rings is 1. The summed E-state index contributed by atoms with van der Waals surface area (Å²) in [7, 11) is 4.67. The molecule has 1 aromatic heterocycles. The predicted molar refractivity (Wildman–Crippen MR) is 112 cm³/mol. The molecule has 7 nitrogen and oxygen atoms in total. The Balaban J connectivity index is 1.63. The van der Waals surface area contributed by atoms with Gasteiger partial charge < -0.3 is 24.3 Å². The molecule has 156 valence electrons. The second-order valence-electron chi connectivity index (χ2n) is 6.38. The van der Waals surface area contributed by atoms with Crippen LogP contribution in [0.5, 0.6) is 23.0 Å². The molecule has 0 atom stereocenters. The fourth-order valence-corrected chi connectivity index (χ4v) is 2.84. The molecule has 0 radical (unpaired) electrons. The molecule has 1 amide bonds. The van der Waals surface area contributed by atoms with Gasteiger partial charge in [0.05, 0.1) is 21.3 Å². The van der Waals surface area contributed by atoms with Crippen LogP contribution in [0.1, 0.15) is 21.5 Å². The van der Waals surface area contributed by atoms with Gasteiger partial charge in [0.2, 0.25) is 0 Å². The Labute approximate surface area is 175 Å². The zero-order valence-corrected chi connectivity index (χ0v) is 17.2. The minimum absolute atomic E-state index is 0.215. The highest BCUT2D eigenvalue weighted by atomic mass is 16.5. The molecule has 0 aliphatic rings. The van der Waals surface area contributed by atoms with E-state index in [0.29, 0.717) is 41.7 Å². The highest BCUT2D eigenvalue weighted by Crippen LogP contribution is 2.29. The smallest absolute Gasteiger partial charge is 0.251 e. The summed E-state index contributed by atoms with van der Waals surface area (Å²) < 4.78 is 21.7. The molecule has 0 aliphatic carbocycles. The first kappa shape index (κ1) is 21.0. The number of amides is 1. The monoisotopic (exact) mass is 408 g/mol. The Kier molecular flexibility index (Phi) is 7.10. The van der Waals surface area contributed by atoms with E-state index in [1.165, 1.54) is 7.11 Å². The number of aromatic nitrogens is 1. The Morgan fingerprint density at radius 1 is 0.800 bits per heavy atom. The van der Waals surface area contributed by atoms with Crippen LogP contribution in [0.25, 0.3) is 0 Å². The maximum atomic E-state index is 12.5. The van der Waals surface area contributed by atoms with Crippen LogP contribution in [0.3, 0.4) is 0 Å². The number of nitrogens with one attached hydrogen (secondary N) is 1. The van der Waals surface area contributed by atoms with Crippen molar-refractivity contribution in [2.75, 3.05) is 21.3 Å². The number of nitrogens with zero attached hydrogens (tertiary/aromatic N) is 1. The van der Waals surface area contributed by atoms with Crippen LogP contribution < -0.4 is 24.3 Å². The van der Waals surface area contributed by atoms with E-state index in [4.69, 9.17) is 18.9 Å². The molecule has 1 N–H and O–H groups in total. The first-order valence-electron chi connectivity index (χ1n) is 9.33. The number of methoxy groups -OCH3 is 3.